The molecule has 2 aromatic rings. The minimum Gasteiger partial charge on any atom is -0.491 e. The van der Waals surface area contributed by atoms with E-state index in [2.05, 4.69) is 24.8 Å². The lowest BCUT2D eigenvalue weighted by atomic mass is 9.84. The average molecular weight is 368 g/mol. The molecule has 2 aromatic carbocycles. The molecule has 0 N–H and O–H groups in total. The summed E-state index contributed by atoms with van der Waals surface area (Å²) in [7, 11) is 0. The van der Waals surface area contributed by atoms with Crippen LogP contribution in [0.5, 0.6) is 5.75 Å². The van der Waals surface area contributed by atoms with Crippen molar-refractivity contribution in [3.8, 4) is 16.9 Å². The Kier molecular flexibility index (Phi) is 5.03. The van der Waals surface area contributed by atoms with Crippen molar-refractivity contribution in [3.05, 3.63) is 66.3 Å². The zero-order valence-corrected chi connectivity index (χ0v) is 15.8. The number of hydrogen-bond donors (Lipinski definition) is 0. The standard InChI is InChI=1S/C24H26F2O/c1-3-15-9-10-21-18(15)11-12-19(21)16-5-7-17(8-6-16)20-13-14-22(27-4-2)24(26)23(20)25/h3,5-8,13-15,18-19,21H,1,4,9-12H2,2H3. The molecule has 4 unspecified atom stereocenters. The normalized spacial score (nSPS) is 26.8. The van der Waals surface area contributed by atoms with Gasteiger partial charge in [-0.25, -0.2) is 4.39 Å². The first-order valence-corrected chi connectivity index (χ1v) is 9.97. The SMILES string of the molecule is C=CC1CCC2C(c3ccc(-c4ccc(OCC)c(F)c4F)cc3)CCC12. The van der Waals surface area contributed by atoms with E-state index in [9.17, 15) is 8.78 Å². The molecule has 0 aliphatic heterocycles. The summed E-state index contributed by atoms with van der Waals surface area (Å²) < 4.78 is 33.8. The van der Waals surface area contributed by atoms with Crippen LogP contribution in [-0.4, -0.2) is 6.61 Å². The molecule has 0 saturated heterocycles. The summed E-state index contributed by atoms with van der Waals surface area (Å²) in [6, 6.07) is 11.1. The quantitative estimate of drug-likeness (QED) is 0.531. The summed E-state index contributed by atoms with van der Waals surface area (Å²) in [5.41, 5.74) is 2.30. The van der Waals surface area contributed by atoms with E-state index in [-0.39, 0.29) is 11.3 Å². The number of benzene rings is 2. The van der Waals surface area contributed by atoms with E-state index in [1.54, 1.807) is 13.0 Å². The van der Waals surface area contributed by atoms with Crippen LogP contribution in [0.15, 0.2) is 49.1 Å². The number of hydrogen-bond acceptors (Lipinski definition) is 1. The van der Waals surface area contributed by atoms with Crippen molar-refractivity contribution in [2.45, 2.75) is 38.5 Å². The molecule has 1 nitrogen and oxygen atoms in total. The molecule has 3 heteroatoms. The molecule has 2 aliphatic carbocycles. The number of rotatable bonds is 5. The molecule has 4 atom stereocenters. The Morgan fingerprint density at radius 3 is 2.41 bits per heavy atom. The van der Waals surface area contributed by atoms with E-state index in [1.807, 2.05) is 12.1 Å². The van der Waals surface area contributed by atoms with E-state index in [0.29, 0.717) is 24.0 Å². The van der Waals surface area contributed by atoms with Crippen molar-refractivity contribution in [1.82, 2.24) is 0 Å². The second-order valence-corrected chi connectivity index (χ2v) is 7.78. The van der Waals surface area contributed by atoms with Crippen LogP contribution >= 0.6 is 0 Å². The monoisotopic (exact) mass is 368 g/mol. The van der Waals surface area contributed by atoms with Gasteiger partial charge in [0.2, 0.25) is 5.82 Å². The van der Waals surface area contributed by atoms with Crippen LogP contribution in [0.1, 0.15) is 44.1 Å². The second kappa shape index (κ2) is 7.46. The predicted octanol–water partition coefficient (Wildman–Crippen LogP) is 6.74. The van der Waals surface area contributed by atoms with E-state index in [0.717, 1.165) is 11.8 Å². The first kappa shape index (κ1) is 18.2. The minimum atomic E-state index is -0.918. The fraction of sp³-hybridized carbons (Fsp3) is 0.417. The smallest absolute Gasteiger partial charge is 0.201 e. The van der Waals surface area contributed by atoms with Crippen LogP contribution in [0.3, 0.4) is 0 Å². The van der Waals surface area contributed by atoms with Gasteiger partial charge in [0.25, 0.3) is 0 Å². The van der Waals surface area contributed by atoms with Gasteiger partial charge in [0.05, 0.1) is 6.61 Å². The molecule has 0 heterocycles. The molecule has 2 saturated carbocycles. The second-order valence-electron chi connectivity index (χ2n) is 7.78. The Labute approximate surface area is 160 Å². The molecule has 2 fully saturated rings. The first-order valence-electron chi connectivity index (χ1n) is 9.97. The van der Waals surface area contributed by atoms with Gasteiger partial charge in [-0.2, -0.15) is 4.39 Å². The number of fused-ring (bicyclic) bond motifs is 1. The Morgan fingerprint density at radius 2 is 1.70 bits per heavy atom. The number of allylic oxidation sites excluding steroid dienone is 1. The maximum atomic E-state index is 14.5. The third-order valence-corrected chi connectivity index (χ3v) is 6.56. The van der Waals surface area contributed by atoms with Crippen LogP contribution < -0.4 is 4.74 Å². The molecule has 0 bridgehead atoms. The average Bonchev–Trinajstić information content (AvgIpc) is 3.28. The topological polar surface area (TPSA) is 9.23 Å². The fourth-order valence-electron chi connectivity index (χ4n) is 5.28. The van der Waals surface area contributed by atoms with Gasteiger partial charge in [-0.1, -0.05) is 30.3 Å². The Morgan fingerprint density at radius 1 is 0.963 bits per heavy atom. The Bertz CT molecular complexity index is 827. The van der Waals surface area contributed by atoms with Crippen molar-refractivity contribution in [2.75, 3.05) is 6.61 Å². The van der Waals surface area contributed by atoms with Crippen molar-refractivity contribution >= 4 is 0 Å². The molecular weight excluding hydrogens is 342 g/mol. The van der Waals surface area contributed by atoms with Crippen molar-refractivity contribution in [1.29, 1.82) is 0 Å². The predicted molar refractivity (Wildman–Crippen MR) is 105 cm³/mol. The lowest BCUT2D eigenvalue weighted by Gasteiger charge is -2.20. The third-order valence-electron chi connectivity index (χ3n) is 6.56. The summed E-state index contributed by atoms with van der Waals surface area (Å²) in [6.07, 6.45) is 7.15. The van der Waals surface area contributed by atoms with Crippen LogP contribution in [0, 0.1) is 29.4 Å². The minimum absolute atomic E-state index is 0.0367. The van der Waals surface area contributed by atoms with E-state index < -0.39 is 11.6 Å². The highest BCUT2D eigenvalue weighted by Gasteiger charge is 2.43. The zero-order valence-electron chi connectivity index (χ0n) is 15.8. The molecule has 142 valence electrons. The molecule has 27 heavy (non-hydrogen) atoms. The van der Waals surface area contributed by atoms with Gasteiger partial charge in [0.15, 0.2) is 11.6 Å². The highest BCUT2D eigenvalue weighted by Crippen LogP contribution is 2.54. The molecule has 0 spiro atoms. The van der Waals surface area contributed by atoms with Crippen molar-refractivity contribution in [2.24, 2.45) is 17.8 Å². The van der Waals surface area contributed by atoms with E-state index in [4.69, 9.17) is 4.74 Å². The largest absolute Gasteiger partial charge is 0.491 e. The molecule has 0 aromatic heterocycles. The maximum Gasteiger partial charge on any atom is 0.201 e. The molecular formula is C24H26F2O. The third kappa shape index (κ3) is 3.18. The van der Waals surface area contributed by atoms with Crippen molar-refractivity contribution < 1.29 is 13.5 Å². The van der Waals surface area contributed by atoms with Gasteiger partial charge in [0.1, 0.15) is 0 Å². The van der Waals surface area contributed by atoms with Gasteiger partial charge in [-0.3, -0.25) is 0 Å². The highest BCUT2D eigenvalue weighted by atomic mass is 19.2. The number of halogens is 2. The maximum absolute atomic E-state index is 14.5. The molecule has 0 amide bonds. The molecule has 0 radical (unpaired) electrons. The van der Waals surface area contributed by atoms with Gasteiger partial charge >= 0.3 is 0 Å². The summed E-state index contributed by atoms with van der Waals surface area (Å²) in [5, 5.41) is 0. The first-order chi connectivity index (χ1) is 13.1. The van der Waals surface area contributed by atoms with Crippen LogP contribution in [0.25, 0.3) is 11.1 Å². The fourth-order valence-corrected chi connectivity index (χ4v) is 5.28. The molecule has 4 rings (SSSR count). The summed E-state index contributed by atoms with van der Waals surface area (Å²) in [5.74, 6) is 0.947. The Balaban J connectivity index is 1.57. The Hall–Kier alpha value is -2.16. The van der Waals surface area contributed by atoms with Gasteiger partial charge in [-0.15, -0.1) is 6.58 Å². The van der Waals surface area contributed by atoms with E-state index >= 15 is 0 Å². The lowest BCUT2D eigenvalue weighted by molar-refractivity contribution is 0.314. The lowest BCUT2D eigenvalue weighted by Crippen LogP contribution is -2.10. The van der Waals surface area contributed by atoms with Gasteiger partial charge < -0.3 is 4.74 Å². The summed E-state index contributed by atoms with van der Waals surface area (Å²) in [6.45, 7) is 6.06. The van der Waals surface area contributed by atoms with E-state index in [1.165, 1.54) is 37.3 Å². The zero-order chi connectivity index (χ0) is 19.0. The van der Waals surface area contributed by atoms with Crippen LogP contribution in [0.2, 0.25) is 0 Å². The van der Waals surface area contributed by atoms with Gasteiger partial charge in [-0.05, 0) is 79.5 Å². The van der Waals surface area contributed by atoms with Crippen LogP contribution in [-0.2, 0) is 0 Å². The summed E-state index contributed by atoms with van der Waals surface area (Å²) >= 11 is 0. The summed E-state index contributed by atoms with van der Waals surface area (Å²) in [4.78, 5) is 0. The van der Waals surface area contributed by atoms with Crippen molar-refractivity contribution in [3.63, 3.8) is 0 Å². The number of ether oxygens (including phenoxy) is 1. The van der Waals surface area contributed by atoms with Gasteiger partial charge in [0, 0.05) is 5.56 Å². The molecule has 2 aliphatic rings. The van der Waals surface area contributed by atoms with Crippen LogP contribution in [0.4, 0.5) is 8.78 Å². The highest BCUT2D eigenvalue weighted by molar-refractivity contribution is 5.65.